The van der Waals surface area contributed by atoms with Crippen molar-refractivity contribution in [1.29, 1.82) is 0 Å². The molecule has 0 spiro atoms. The predicted molar refractivity (Wildman–Crippen MR) is 133 cm³/mol. The number of rotatable bonds is 7. The van der Waals surface area contributed by atoms with E-state index >= 15 is 0 Å². The minimum absolute atomic E-state index is 0.472. The second-order valence-electron chi connectivity index (χ2n) is 8.78. The Morgan fingerprint density at radius 1 is 1.18 bits per heavy atom. The van der Waals surface area contributed by atoms with Gasteiger partial charge in [-0.15, -0.1) is 0 Å². The molecule has 7 heteroatoms. The summed E-state index contributed by atoms with van der Waals surface area (Å²) in [4.78, 5) is 10.2. The number of fused-ring (bicyclic) bond motifs is 2. The SMILES string of the molecule is COc1ccc2nccc([C@@H](O)CN3CCC(NCc4cc5cc(Cl)ccc5[nH]4)CC3)c2c1. The van der Waals surface area contributed by atoms with Gasteiger partial charge in [0, 0.05) is 52.3 Å². The van der Waals surface area contributed by atoms with Gasteiger partial charge in [0.25, 0.3) is 0 Å². The highest BCUT2D eigenvalue weighted by molar-refractivity contribution is 6.31. The molecule has 172 valence electrons. The van der Waals surface area contributed by atoms with E-state index in [0.29, 0.717) is 12.6 Å². The van der Waals surface area contributed by atoms with E-state index in [2.05, 4.69) is 26.3 Å². The standard InChI is InChI=1S/C26H29ClN4O2/c1-33-21-3-5-25-23(14-21)22(6-9-28-25)26(32)16-31-10-7-19(8-11-31)29-15-20-13-17-12-18(27)2-4-24(17)30-20/h2-6,9,12-14,19,26,29-30,32H,7-8,10-11,15-16H2,1H3/t26-/m0/s1. The van der Waals surface area contributed by atoms with Crippen LogP contribution in [0, 0.1) is 0 Å². The minimum atomic E-state index is -0.565. The van der Waals surface area contributed by atoms with E-state index in [9.17, 15) is 5.11 Å². The quantitative estimate of drug-likeness (QED) is 0.371. The van der Waals surface area contributed by atoms with Crippen LogP contribution in [0.25, 0.3) is 21.8 Å². The van der Waals surface area contributed by atoms with E-state index in [4.69, 9.17) is 16.3 Å². The van der Waals surface area contributed by atoms with Crippen LogP contribution in [0.3, 0.4) is 0 Å². The summed E-state index contributed by atoms with van der Waals surface area (Å²) in [6, 6.07) is 16.2. The highest BCUT2D eigenvalue weighted by Crippen LogP contribution is 2.28. The zero-order valence-electron chi connectivity index (χ0n) is 18.7. The Hall–Kier alpha value is -2.64. The summed E-state index contributed by atoms with van der Waals surface area (Å²) in [5, 5.41) is 17.5. The molecule has 3 N–H and O–H groups in total. The second-order valence-corrected chi connectivity index (χ2v) is 9.22. The summed E-state index contributed by atoms with van der Waals surface area (Å²) in [5.41, 5.74) is 4.05. The Bertz CT molecular complexity index is 1250. The number of ether oxygens (including phenoxy) is 1. The van der Waals surface area contributed by atoms with Crippen LogP contribution in [-0.4, -0.2) is 52.8 Å². The third-order valence-electron chi connectivity index (χ3n) is 6.58. The summed E-state index contributed by atoms with van der Waals surface area (Å²) in [6.07, 6.45) is 3.32. The van der Waals surface area contributed by atoms with Crippen molar-refractivity contribution in [1.82, 2.24) is 20.2 Å². The molecule has 0 unspecified atom stereocenters. The first-order chi connectivity index (χ1) is 16.1. The predicted octanol–water partition coefficient (Wildman–Crippen LogP) is 4.67. The van der Waals surface area contributed by atoms with E-state index in [1.807, 2.05) is 42.5 Å². The number of nitrogens with zero attached hydrogens (tertiary/aromatic N) is 2. The molecule has 4 aromatic rings. The van der Waals surface area contributed by atoms with Gasteiger partial charge in [0.1, 0.15) is 5.75 Å². The number of H-pyrrole nitrogens is 1. The lowest BCUT2D eigenvalue weighted by Gasteiger charge is -2.33. The maximum absolute atomic E-state index is 11.0. The highest BCUT2D eigenvalue weighted by atomic mass is 35.5. The molecule has 2 aromatic heterocycles. The van der Waals surface area contributed by atoms with Gasteiger partial charge in [0.05, 0.1) is 18.7 Å². The number of aliphatic hydroxyl groups excluding tert-OH is 1. The summed E-state index contributed by atoms with van der Waals surface area (Å²) in [6.45, 7) is 3.35. The van der Waals surface area contributed by atoms with Crippen LogP contribution in [0.4, 0.5) is 0 Å². The normalized spacial score (nSPS) is 16.5. The third-order valence-corrected chi connectivity index (χ3v) is 6.82. The fraction of sp³-hybridized carbons (Fsp3) is 0.346. The molecule has 0 saturated carbocycles. The van der Waals surface area contributed by atoms with Crippen LogP contribution in [0.1, 0.15) is 30.2 Å². The van der Waals surface area contributed by atoms with E-state index < -0.39 is 6.10 Å². The number of methoxy groups -OCH3 is 1. The first-order valence-corrected chi connectivity index (χ1v) is 11.8. The van der Waals surface area contributed by atoms with Crippen LogP contribution < -0.4 is 10.1 Å². The third kappa shape index (κ3) is 4.99. The summed E-state index contributed by atoms with van der Waals surface area (Å²) >= 11 is 6.10. The van der Waals surface area contributed by atoms with Crippen LogP contribution >= 0.6 is 11.6 Å². The molecule has 5 rings (SSSR count). The van der Waals surface area contributed by atoms with Gasteiger partial charge in [-0.1, -0.05) is 11.6 Å². The molecule has 33 heavy (non-hydrogen) atoms. The van der Waals surface area contributed by atoms with Crippen LogP contribution in [0.15, 0.2) is 54.7 Å². The van der Waals surface area contributed by atoms with Gasteiger partial charge in [-0.25, -0.2) is 0 Å². The topological polar surface area (TPSA) is 73.4 Å². The lowest BCUT2D eigenvalue weighted by Crippen LogP contribution is -2.43. The van der Waals surface area contributed by atoms with Gasteiger partial charge in [-0.05, 0) is 80.0 Å². The molecular formula is C26H29ClN4O2. The first kappa shape index (κ1) is 22.2. The lowest BCUT2D eigenvalue weighted by molar-refractivity contribution is 0.0948. The Morgan fingerprint density at radius 2 is 2.03 bits per heavy atom. The van der Waals surface area contributed by atoms with Crippen molar-refractivity contribution < 1.29 is 9.84 Å². The van der Waals surface area contributed by atoms with Gasteiger partial charge >= 0.3 is 0 Å². The molecule has 0 aliphatic carbocycles. The minimum Gasteiger partial charge on any atom is -0.497 e. The number of hydrogen-bond donors (Lipinski definition) is 3. The number of halogens is 1. The number of aliphatic hydroxyl groups is 1. The molecule has 1 aliphatic heterocycles. The molecule has 1 fully saturated rings. The molecule has 6 nitrogen and oxygen atoms in total. The monoisotopic (exact) mass is 464 g/mol. The molecule has 1 saturated heterocycles. The second kappa shape index (κ2) is 9.69. The molecule has 0 radical (unpaired) electrons. The maximum Gasteiger partial charge on any atom is 0.119 e. The van der Waals surface area contributed by atoms with Gasteiger partial charge in [-0.2, -0.15) is 0 Å². The fourth-order valence-electron chi connectivity index (χ4n) is 4.74. The number of aromatic nitrogens is 2. The number of likely N-dealkylation sites (tertiary alicyclic amines) is 1. The number of piperidine rings is 1. The fourth-order valence-corrected chi connectivity index (χ4v) is 4.92. The van der Waals surface area contributed by atoms with Gasteiger partial charge in [0.2, 0.25) is 0 Å². The maximum atomic E-state index is 11.0. The van der Waals surface area contributed by atoms with Crippen molar-refractivity contribution in [2.24, 2.45) is 0 Å². The van der Waals surface area contributed by atoms with Crippen LogP contribution in [0.5, 0.6) is 5.75 Å². The summed E-state index contributed by atoms with van der Waals surface area (Å²) < 4.78 is 5.36. The van der Waals surface area contributed by atoms with Crippen molar-refractivity contribution in [3.05, 3.63) is 71.0 Å². The van der Waals surface area contributed by atoms with Crippen molar-refractivity contribution in [2.75, 3.05) is 26.7 Å². The zero-order chi connectivity index (χ0) is 22.8. The van der Waals surface area contributed by atoms with Crippen LogP contribution in [0.2, 0.25) is 5.02 Å². The Kier molecular flexibility index (Phi) is 6.51. The van der Waals surface area contributed by atoms with Crippen molar-refractivity contribution in [3.63, 3.8) is 0 Å². The number of nitrogens with one attached hydrogen (secondary N) is 2. The van der Waals surface area contributed by atoms with Gasteiger partial charge in [0.15, 0.2) is 0 Å². The molecule has 0 bridgehead atoms. The first-order valence-electron chi connectivity index (χ1n) is 11.4. The molecule has 1 aliphatic rings. The van der Waals surface area contributed by atoms with Crippen LogP contribution in [-0.2, 0) is 6.54 Å². The Morgan fingerprint density at radius 3 is 2.85 bits per heavy atom. The lowest BCUT2D eigenvalue weighted by atomic mass is 10.0. The Labute approximate surface area is 198 Å². The van der Waals surface area contributed by atoms with E-state index in [-0.39, 0.29) is 0 Å². The zero-order valence-corrected chi connectivity index (χ0v) is 19.5. The van der Waals surface area contributed by atoms with Gasteiger partial charge in [-0.3, -0.25) is 4.98 Å². The largest absolute Gasteiger partial charge is 0.497 e. The number of β-amino-alcohol motifs (C(OH)–C–C–N with tert-alkyl or cyclic N) is 1. The van der Waals surface area contributed by atoms with E-state index in [0.717, 1.165) is 70.6 Å². The number of pyridine rings is 1. The smallest absolute Gasteiger partial charge is 0.119 e. The molecule has 3 heterocycles. The molecule has 0 amide bonds. The van der Waals surface area contributed by atoms with Crippen molar-refractivity contribution in [3.8, 4) is 5.75 Å². The van der Waals surface area contributed by atoms with E-state index in [1.54, 1.807) is 13.3 Å². The molecule has 1 atom stereocenters. The molecular weight excluding hydrogens is 436 g/mol. The van der Waals surface area contributed by atoms with Gasteiger partial charge < -0.3 is 25.0 Å². The summed E-state index contributed by atoms with van der Waals surface area (Å²) in [5.74, 6) is 0.772. The van der Waals surface area contributed by atoms with Crippen molar-refractivity contribution in [2.45, 2.75) is 31.5 Å². The van der Waals surface area contributed by atoms with E-state index in [1.165, 1.54) is 5.69 Å². The number of benzene rings is 2. The number of aromatic amines is 1. The Balaban J connectivity index is 1.15. The average molecular weight is 465 g/mol. The molecule has 2 aromatic carbocycles. The number of hydrogen-bond acceptors (Lipinski definition) is 5. The van der Waals surface area contributed by atoms with Crippen molar-refractivity contribution >= 4 is 33.4 Å². The highest BCUT2D eigenvalue weighted by Gasteiger charge is 2.22. The summed E-state index contributed by atoms with van der Waals surface area (Å²) in [7, 11) is 1.65. The average Bonchev–Trinajstić information content (AvgIpc) is 3.24.